The maximum absolute atomic E-state index is 5.85. The molecule has 0 amide bonds. The van der Waals surface area contributed by atoms with E-state index in [1.54, 1.807) is 0 Å². The van der Waals surface area contributed by atoms with Gasteiger partial charge >= 0.3 is 0 Å². The van der Waals surface area contributed by atoms with Crippen molar-refractivity contribution in [1.29, 1.82) is 0 Å². The predicted octanol–water partition coefficient (Wildman–Crippen LogP) is 2.93. The number of halogens is 1. The molecule has 1 unspecified atom stereocenters. The lowest BCUT2D eigenvalue weighted by molar-refractivity contribution is 0.319. The number of benzene rings is 1. The summed E-state index contributed by atoms with van der Waals surface area (Å²) in [5, 5.41) is 0. The third-order valence-electron chi connectivity index (χ3n) is 2.09. The summed E-state index contributed by atoms with van der Waals surface area (Å²) in [5.74, 6) is 1.64. The minimum atomic E-state index is -0.0257. The minimum absolute atomic E-state index is 0. The topological polar surface area (TPSA) is 44.5 Å². The zero-order valence-electron chi connectivity index (χ0n) is 10.0. The molecule has 1 aromatic rings. The van der Waals surface area contributed by atoms with Crippen LogP contribution in [0, 0.1) is 0 Å². The van der Waals surface area contributed by atoms with Gasteiger partial charge in [-0.2, -0.15) is 0 Å². The normalized spacial score (nSPS) is 11.5. The monoisotopic (exact) mass is 245 g/mol. The molecule has 0 spiro atoms. The van der Waals surface area contributed by atoms with E-state index in [0.29, 0.717) is 13.2 Å². The second kappa shape index (κ2) is 7.36. The minimum Gasteiger partial charge on any atom is -0.494 e. The molecule has 1 atom stereocenters. The van der Waals surface area contributed by atoms with Gasteiger partial charge in [-0.05, 0) is 26.8 Å². The lowest BCUT2D eigenvalue weighted by Gasteiger charge is -2.14. The standard InChI is InChI=1S/C12H19NO2.ClH/c1-4-14-10-6-7-11(9(3)13)12(8-10)15-5-2;/h6-9H,4-5,13H2,1-3H3;1H. The first-order chi connectivity index (χ1) is 7.19. The van der Waals surface area contributed by atoms with Crippen LogP contribution in [0.3, 0.4) is 0 Å². The SMILES string of the molecule is CCOc1ccc(C(C)N)c(OCC)c1.Cl. The first kappa shape index (κ1) is 15.1. The van der Waals surface area contributed by atoms with Gasteiger partial charge in [0.25, 0.3) is 0 Å². The molecule has 0 saturated heterocycles. The Hall–Kier alpha value is -0.930. The molecule has 92 valence electrons. The smallest absolute Gasteiger partial charge is 0.127 e. The highest BCUT2D eigenvalue weighted by Crippen LogP contribution is 2.28. The van der Waals surface area contributed by atoms with E-state index in [2.05, 4.69) is 0 Å². The average Bonchev–Trinajstić information content (AvgIpc) is 2.18. The molecular formula is C12H20ClNO2. The summed E-state index contributed by atoms with van der Waals surface area (Å²) in [5.41, 5.74) is 6.86. The van der Waals surface area contributed by atoms with Crippen LogP contribution in [0.1, 0.15) is 32.4 Å². The van der Waals surface area contributed by atoms with Gasteiger partial charge in [0.15, 0.2) is 0 Å². The van der Waals surface area contributed by atoms with Crippen molar-refractivity contribution >= 4 is 12.4 Å². The summed E-state index contributed by atoms with van der Waals surface area (Å²) < 4.78 is 10.9. The average molecular weight is 246 g/mol. The summed E-state index contributed by atoms with van der Waals surface area (Å²) in [6.45, 7) is 7.15. The van der Waals surface area contributed by atoms with Crippen LogP contribution >= 0.6 is 12.4 Å². The van der Waals surface area contributed by atoms with Crippen LogP contribution in [0.5, 0.6) is 11.5 Å². The van der Waals surface area contributed by atoms with Crippen LogP contribution in [0.15, 0.2) is 18.2 Å². The summed E-state index contributed by atoms with van der Waals surface area (Å²) in [7, 11) is 0. The van der Waals surface area contributed by atoms with E-state index in [4.69, 9.17) is 15.2 Å². The van der Waals surface area contributed by atoms with Gasteiger partial charge in [-0.15, -0.1) is 12.4 Å². The van der Waals surface area contributed by atoms with Crippen molar-refractivity contribution in [2.45, 2.75) is 26.8 Å². The lowest BCUT2D eigenvalue weighted by Crippen LogP contribution is -2.08. The molecule has 0 radical (unpaired) electrons. The second-order valence-electron chi connectivity index (χ2n) is 3.35. The first-order valence-electron chi connectivity index (χ1n) is 5.34. The Labute approximate surface area is 103 Å². The van der Waals surface area contributed by atoms with Gasteiger partial charge in [-0.1, -0.05) is 6.07 Å². The highest BCUT2D eigenvalue weighted by Gasteiger charge is 2.09. The molecule has 0 aliphatic rings. The molecule has 0 aromatic heterocycles. The highest BCUT2D eigenvalue weighted by molar-refractivity contribution is 5.85. The van der Waals surface area contributed by atoms with E-state index < -0.39 is 0 Å². The summed E-state index contributed by atoms with van der Waals surface area (Å²) in [6.07, 6.45) is 0. The Morgan fingerprint density at radius 1 is 1.19 bits per heavy atom. The lowest BCUT2D eigenvalue weighted by atomic mass is 10.1. The Bertz CT molecular complexity index is 316. The molecule has 4 heteroatoms. The van der Waals surface area contributed by atoms with Crippen LogP contribution in [-0.4, -0.2) is 13.2 Å². The third kappa shape index (κ3) is 3.91. The molecule has 1 rings (SSSR count). The zero-order chi connectivity index (χ0) is 11.3. The van der Waals surface area contributed by atoms with Crippen LogP contribution in [0.4, 0.5) is 0 Å². The van der Waals surface area contributed by atoms with Gasteiger partial charge in [0.05, 0.1) is 13.2 Å². The molecular weight excluding hydrogens is 226 g/mol. The van der Waals surface area contributed by atoms with Crippen LogP contribution in [-0.2, 0) is 0 Å². The van der Waals surface area contributed by atoms with Crippen molar-refractivity contribution in [1.82, 2.24) is 0 Å². The van der Waals surface area contributed by atoms with Gasteiger partial charge < -0.3 is 15.2 Å². The van der Waals surface area contributed by atoms with Crippen LogP contribution < -0.4 is 15.2 Å². The molecule has 0 heterocycles. The van der Waals surface area contributed by atoms with Crippen molar-refractivity contribution in [2.75, 3.05) is 13.2 Å². The predicted molar refractivity (Wildman–Crippen MR) is 68.6 cm³/mol. The fourth-order valence-corrected chi connectivity index (χ4v) is 1.43. The van der Waals surface area contributed by atoms with Crippen molar-refractivity contribution in [3.63, 3.8) is 0 Å². The number of ether oxygens (including phenoxy) is 2. The Balaban J connectivity index is 0.00000225. The quantitative estimate of drug-likeness (QED) is 0.868. The highest BCUT2D eigenvalue weighted by atomic mass is 35.5. The van der Waals surface area contributed by atoms with E-state index in [-0.39, 0.29) is 18.4 Å². The second-order valence-corrected chi connectivity index (χ2v) is 3.35. The zero-order valence-corrected chi connectivity index (χ0v) is 10.8. The Kier molecular flexibility index (Phi) is 6.93. The van der Waals surface area contributed by atoms with Crippen molar-refractivity contribution in [2.24, 2.45) is 5.73 Å². The summed E-state index contributed by atoms with van der Waals surface area (Å²) >= 11 is 0. The van der Waals surface area contributed by atoms with Crippen LogP contribution in [0.2, 0.25) is 0 Å². The maximum Gasteiger partial charge on any atom is 0.127 e. The summed E-state index contributed by atoms with van der Waals surface area (Å²) in [4.78, 5) is 0. The fourth-order valence-electron chi connectivity index (χ4n) is 1.43. The molecule has 0 aliphatic heterocycles. The Morgan fingerprint density at radius 2 is 1.81 bits per heavy atom. The Morgan fingerprint density at radius 3 is 2.31 bits per heavy atom. The van der Waals surface area contributed by atoms with Gasteiger partial charge in [0, 0.05) is 17.7 Å². The van der Waals surface area contributed by atoms with E-state index >= 15 is 0 Å². The largest absolute Gasteiger partial charge is 0.494 e. The molecule has 0 aliphatic carbocycles. The van der Waals surface area contributed by atoms with Crippen molar-refractivity contribution in [3.05, 3.63) is 23.8 Å². The van der Waals surface area contributed by atoms with E-state index in [0.717, 1.165) is 17.1 Å². The van der Waals surface area contributed by atoms with Gasteiger partial charge in [0.2, 0.25) is 0 Å². The number of hydrogen-bond acceptors (Lipinski definition) is 3. The van der Waals surface area contributed by atoms with E-state index in [1.807, 2.05) is 39.0 Å². The number of hydrogen-bond donors (Lipinski definition) is 1. The molecule has 3 nitrogen and oxygen atoms in total. The molecule has 16 heavy (non-hydrogen) atoms. The molecule has 1 aromatic carbocycles. The summed E-state index contributed by atoms with van der Waals surface area (Å²) in [6, 6.07) is 5.75. The fraction of sp³-hybridized carbons (Fsp3) is 0.500. The van der Waals surface area contributed by atoms with Crippen LogP contribution in [0.25, 0.3) is 0 Å². The number of rotatable bonds is 5. The van der Waals surface area contributed by atoms with Crippen molar-refractivity contribution < 1.29 is 9.47 Å². The van der Waals surface area contributed by atoms with Gasteiger partial charge in [0.1, 0.15) is 11.5 Å². The molecule has 0 fully saturated rings. The van der Waals surface area contributed by atoms with E-state index in [9.17, 15) is 0 Å². The third-order valence-corrected chi connectivity index (χ3v) is 2.09. The molecule has 2 N–H and O–H groups in total. The maximum atomic E-state index is 5.85. The van der Waals surface area contributed by atoms with Gasteiger partial charge in [-0.3, -0.25) is 0 Å². The molecule has 0 saturated carbocycles. The first-order valence-corrected chi connectivity index (χ1v) is 5.34. The van der Waals surface area contributed by atoms with Gasteiger partial charge in [-0.25, -0.2) is 0 Å². The van der Waals surface area contributed by atoms with E-state index in [1.165, 1.54) is 0 Å². The van der Waals surface area contributed by atoms with Crippen molar-refractivity contribution in [3.8, 4) is 11.5 Å². The molecule has 0 bridgehead atoms. The number of nitrogens with two attached hydrogens (primary N) is 1.